The fourth-order valence-electron chi connectivity index (χ4n) is 3.81. The van der Waals surface area contributed by atoms with Gasteiger partial charge in [-0.1, -0.05) is 24.3 Å². The van der Waals surface area contributed by atoms with Crippen molar-refractivity contribution in [3.63, 3.8) is 0 Å². The number of benzene rings is 2. The highest BCUT2D eigenvalue weighted by Gasteiger charge is 2.42. The Hall–Kier alpha value is -2.57. The molecule has 1 aliphatic rings. The van der Waals surface area contributed by atoms with Crippen LogP contribution in [-0.2, 0) is 4.74 Å². The summed E-state index contributed by atoms with van der Waals surface area (Å²) in [5.41, 5.74) is 1.65. The van der Waals surface area contributed by atoms with Crippen molar-refractivity contribution in [2.75, 3.05) is 26.0 Å². The second-order valence-electron chi connectivity index (χ2n) is 6.89. The molecule has 5 nitrogen and oxygen atoms in total. The third kappa shape index (κ3) is 3.58. The maximum atomic E-state index is 13.3. The Morgan fingerprint density at radius 1 is 1.10 bits per heavy atom. The Kier molecular flexibility index (Phi) is 5.74. The summed E-state index contributed by atoms with van der Waals surface area (Å²) in [5.74, 6) is -0.0812. The molecule has 1 amide bonds. The van der Waals surface area contributed by atoms with Gasteiger partial charge in [-0.05, 0) is 49.4 Å². The average molecular weight is 410 g/mol. The van der Waals surface area contributed by atoms with Gasteiger partial charge < -0.3 is 14.1 Å². The second kappa shape index (κ2) is 8.43. The summed E-state index contributed by atoms with van der Waals surface area (Å²) in [7, 11) is 0. The fourth-order valence-corrected chi connectivity index (χ4v) is 4.22. The summed E-state index contributed by atoms with van der Waals surface area (Å²) in [5, 5.41) is 0.501. The van der Waals surface area contributed by atoms with Crippen LogP contribution in [0, 0.1) is 0 Å². The van der Waals surface area contributed by atoms with E-state index in [1.54, 1.807) is 34.9 Å². The van der Waals surface area contributed by atoms with Crippen LogP contribution in [0.5, 0.6) is 0 Å². The molecule has 6 heteroatoms. The van der Waals surface area contributed by atoms with Gasteiger partial charge in [0.15, 0.2) is 5.43 Å². The zero-order chi connectivity index (χ0) is 20.4. The van der Waals surface area contributed by atoms with Gasteiger partial charge in [0, 0.05) is 24.7 Å². The first-order chi connectivity index (χ1) is 14.2. The number of carbonyl (C=O) groups is 1. The number of amides is 1. The largest absolute Gasteiger partial charge is 0.450 e. The predicted molar refractivity (Wildman–Crippen MR) is 115 cm³/mol. The first-order valence-corrected chi connectivity index (χ1v) is 11.0. The van der Waals surface area contributed by atoms with Crippen LogP contribution in [-0.4, -0.2) is 36.8 Å². The molecule has 1 aliphatic heterocycles. The second-order valence-corrected chi connectivity index (χ2v) is 7.77. The van der Waals surface area contributed by atoms with Gasteiger partial charge in [-0.25, -0.2) is 0 Å². The number of carbonyl (C=O) groups excluding carboxylic acids is 1. The van der Waals surface area contributed by atoms with Crippen molar-refractivity contribution < 1.29 is 13.9 Å². The van der Waals surface area contributed by atoms with E-state index in [4.69, 9.17) is 9.15 Å². The third-order valence-electron chi connectivity index (χ3n) is 5.20. The number of thioether (sulfide) groups is 1. The minimum absolute atomic E-state index is 0.138. The number of hydrogen-bond donors (Lipinski definition) is 0. The van der Waals surface area contributed by atoms with Gasteiger partial charge in [0.1, 0.15) is 5.58 Å². The Labute approximate surface area is 173 Å². The summed E-state index contributed by atoms with van der Waals surface area (Å²) in [4.78, 5) is 29.4. The van der Waals surface area contributed by atoms with E-state index >= 15 is 0 Å². The lowest BCUT2D eigenvalue weighted by Crippen LogP contribution is -2.31. The predicted octanol–water partition coefficient (Wildman–Crippen LogP) is 4.49. The maximum absolute atomic E-state index is 13.3. The molecule has 2 heterocycles. The zero-order valence-corrected chi connectivity index (χ0v) is 17.3. The first-order valence-electron chi connectivity index (χ1n) is 9.74. The summed E-state index contributed by atoms with van der Waals surface area (Å²) in [6.45, 7) is 3.64. The molecule has 0 unspecified atom stereocenters. The molecular formula is C23H23NO4S. The minimum atomic E-state index is -0.448. The molecule has 0 N–H and O–H groups in total. The Bertz CT molecular complexity index is 1090. The molecule has 29 heavy (non-hydrogen) atoms. The SMILES string of the molecule is CCOCCCN1C(=O)c2oc3ccccc3c(=O)c2[C@@H]1c1ccc(SC)cc1. The molecule has 0 spiro atoms. The topological polar surface area (TPSA) is 59.8 Å². The summed E-state index contributed by atoms with van der Waals surface area (Å²) in [6, 6.07) is 14.7. The van der Waals surface area contributed by atoms with Crippen molar-refractivity contribution in [2.24, 2.45) is 0 Å². The van der Waals surface area contributed by atoms with Crippen LogP contribution in [0.2, 0.25) is 0 Å². The van der Waals surface area contributed by atoms with E-state index in [-0.39, 0.29) is 17.1 Å². The lowest BCUT2D eigenvalue weighted by Gasteiger charge is -2.25. The Morgan fingerprint density at radius 3 is 2.59 bits per heavy atom. The molecule has 0 saturated heterocycles. The summed E-state index contributed by atoms with van der Waals surface area (Å²) < 4.78 is 11.4. The molecule has 0 aliphatic carbocycles. The smallest absolute Gasteiger partial charge is 0.290 e. The maximum Gasteiger partial charge on any atom is 0.290 e. The standard InChI is InChI=1S/C23H23NO4S/c1-3-27-14-6-13-24-20(15-9-11-16(29-2)12-10-15)19-21(25)17-7-4-5-8-18(17)28-22(19)23(24)26/h4-5,7-12,20H,3,6,13-14H2,1-2H3/t20-/m0/s1. The summed E-state index contributed by atoms with van der Waals surface area (Å²) in [6.07, 6.45) is 2.71. The first kappa shape index (κ1) is 19.7. The van der Waals surface area contributed by atoms with Crippen molar-refractivity contribution in [3.8, 4) is 0 Å². The van der Waals surface area contributed by atoms with Crippen LogP contribution in [0.15, 0.2) is 62.6 Å². The molecule has 0 saturated carbocycles. The molecule has 2 aromatic carbocycles. The molecular weight excluding hydrogens is 386 g/mol. The van der Waals surface area contributed by atoms with Crippen molar-refractivity contribution in [1.29, 1.82) is 0 Å². The van der Waals surface area contributed by atoms with E-state index in [1.807, 2.05) is 43.5 Å². The van der Waals surface area contributed by atoms with Crippen molar-refractivity contribution in [2.45, 2.75) is 24.3 Å². The monoisotopic (exact) mass is 409 g/mol. The highest BCUT2D eigenvalue weighted by molar-refractivity contribution is 7.98. The highest BCUT2D eigenvalue weighted by atomic mass is 32.2. The van der Waals surface area contributed by atoms with Gasteiger partial charge in [0.25, 0.3) is 5.91 Å². The summed E-state index contributed by atoms with van der Waals surface area (Å²) >= 11 is 1.65. The normalized spacial score (nSPS) is 15.9. The highest BCUT2D eigenvalue weighted by Crippen LogP contribution is 2.38. The molecule has 150 valence electrons. The third-order valence-corrected chi connectivity index (χ3v) is 5.94. The van der Waals surface area contributed by atoms with Crippen molar-refractivity contribution in [3.05, 3.63) is 75.6 Å². The molecule has 1 aromatic heterocycles. The molecule has 0 bridgehead atoms. The van der Waals surface area contributed by atoms with E-state index in [0.717, 1.165) is 10.5 Å². The quantitative estimate of drug-likeness (QED) is 0.425. The molecule has 0 fully saturated rings. The van der Waals surface area contributed by atoms with Crippen LogP contribution in [0.25, 0.3) is 11.0 Å². The van der Waals surface area contributed by atoms with E-state index in [1.165, 1.54) is 0 Å². The van der Waals surface area contributed by atoms with Gasteiger partial charge in [-0.2, -0.15) is 0 Å². The number of hydrogen-bond acceptors (Lipinski definition) is 5. The van der Waals surface area contributed by atoms with Crippen LogP contribution in [0.3, 0.4) is 0 Å². The van der Waals surface area contributed by atoms with Crippen molar-refractivity contribution >= 4 is 28.6 Å². The van der Waals surface area contributed by atoms with Crippen LogP contribution in [0.1, 0.15) is 41.1 Å². The number of rotatable bonds is 7. The van der Waals surface area contributed by atoms with E-state index in [2.05, 4.69) is 0 Å². The lowest BCUT2D eigenvalue weighted by molar-refractivity contribution is 0.0696. The van der Waals surface area contributed by atoms with Gasteiger partial charge in [0.05, 0.1) is 17.0 Å². The molecule has 4 rings (SSSR count). The number of ether oxygens (including phenoxy) is 1. The molecule has 0 radical (unpaired) electrons. The van der Waals surface area contributed by atoms with Crippen LogP contribution >= 0.6 is 11.8 Å². The molecule has 1 atom stereocenters. The van der Waals surface area contributed by atoms with Crippen LogP contribution < -0.4 is 5.43 Å². The number of para-hydroxylation sites is 1. The Morgan fingerprint density at radius 2 is 1.86 bits per heavy atom. The molecule has 3 aromatic rings. The van der Waals surface area contributed by atoms with Crippen molar-refractivity contribution in [1.82, 2.24) is 4.90 Å². The lowest BCUT2D eigenvalue weighted by atomic mass is 9.98. The van der Waals surface area contributed by atoms with Gasteiger partial charge in [-0.15, -0.1) is 11.8 Å². The van der Waals surface area contributed by atoms with Gasteiger partial charge >= 0.3 is 0 Å². The average Bonchev–Trinajstić information content (AvgIpc) is 3.03. The number of fused-ring (bicyclic) bond motifs is 2. The van der Waals surface area contributed by atoms with Gasteiger partial charge in [0.2, 0.25) is 5.76 Å². The zero-order valence-electron chi connectivity index (χ0n) is 16.5. The minimum Gasteiger partial charge on any atom is -0.450 e. The van der Waals surface area contributed by atoms with Gasteiger partial charge in [-0.3, -0.25) is 9.59 Å². The Balaban J connectivity index is 1.82. The van der Waals surface area contributed by atoms with E-state index in [9.17, 15) is 9.59 Å². The van der Waals surface area contributed by atoms with E-state index < -0.39 is 6.04 Å². The van der Waals surface area contributed by atoms with E-state index in [0.29, 0.717) is 42.7 Å². The number of nitrogens with zero attached hydrogens (tertiary/aromatic N) is 1. The fraction of sp³-hybridized carbons (Fsp3) is 0.304. The van der Waals surface area contributed by atoms with Crippen LogP contribution in [0.4, 0.5) is 0 Å².